The molecule has 0 aromatic heterocycles. The van der Waals surface area contributed by atoms with Gasteiger partial charge in [-0.25, -0.2) is 0 Å². The standard InChI is InChI=1S/C27H36N2O5.ClH/c1-28(17-21-11-20-14-25(33-4)26(34-5)16-22(20)21)8-6-9-29-10-7-18-12-23(31-2)24(32-3)13-19(18)15-27(29)30;/h12-14,16,21H,6-11,15,17H2,1-5H3;1H/t21-;/m0./s1/i1D3;. The highest BCUT2D eigenvalue weighted by Crippen LogP contribution is 2.42. The van der Waals surface area contributed by atoms with E-state index < -0.39 is 6.98 Å². The number of methoxy groups -OCH3 is 4. The lowest BCUT2D eigenvalue weighted by Gasteiger charge is -2.34. The molecule has 0 spiro atoms. The van der Waals surface area contributed by atoms with Gasteiger partial charge in [0.15, 0.2) is 23.0 Å². The van der Waals surface area contributed by atoms with Gasteiger partial charge in [0, 0.05) is 29.7 Å². The van der Waals surface area contributed by atoms with Gasteiger partial charge in [-0.05, 0) is 79.3 Å². The Bertz CT molecular complexity index is 1140. The molecule has 8 heteroatoms. The van der Waals surface area contributed by atoms with E-state index in [9.17, 15) is 4.79 Å². The Morgan fingerprint density at radius 2 is 1.54 bits per heavy atom. The van der Waals surface area contributed by atoms with E-state index in [4.69, 9.17) is 23.1 Å². The normalized spacial score (nSPS) is 18.1. The zero-order valence-corrected chi connectivity index (χ0v) is 21.7. The second kappa shape index (κ2) is 11.9. The van der Waals surface area contributed by atoms with E-state index in [0.717, 1.165) is 28.7 Å². The van der Waals surface area contributed by atoms with Gasteiger partial charge >= 0.3 is 0 Å². The molecule has 35 heavy (non-hydrogen) atoms. The zero-order valence-electron chi connectivity index (χ0n) is 23.9. The van der Waals surface area contributed by atoms with Crippen LogP contribution in [0.4, 0.5) is 0 Å². The van der Waals surface area contributed by atoms with Crippen LogP contribution in [-0.4, -0.2) is 77.3 Å². The summed E-state index contributed by atoms with van der Waals surface area (Å²) in [6.45, 7) is -0.295. The quantitative estimate of drug-likeness (QED) is 0.488. The number of halogens is 1. The Morgan fingerprint density at radius 1 is 0.943 bits per heavy atom. The summed E-state index contributed by atoms with van der Waals surface area (Å²) in [6.07, 6.45) is 2.40. The third kappa shape index (κ3) is 5.78. The second-order valence-corrected chi connectivity index (χ2v) is 8.89. The van der Waals surface area contributed by atoms with Gasteiger partial charge in [-0.15, -0.1) is 12.4 Å². The topological polar surface area (TPSA) is 60.5 Å². The molecule has 0 radical (unpaired) electrons. The molecule has 1 atom stereocenters. The van der Waals surface area contributed by atoms with Gasteiger partial charge < -0.3 is 28.7 Å². The number of ether oxygens (including phenoxy) is 4. The highest BCUT2D eigenvalue weighted by molar-refractivity contribution is 5.85. The summed E-state index contributed by atoms with van der Waals surface area (Å²) < 4.78 is 45.9. The van der Waals surface area contributed by atoms with Crippen molar-refractivity contribution in [1.29, 1.82) is 0 Å². The summed E-state index contributed by atoms with van der Waals surface area (Å²) in [5.41, 5.74) is 4.30. The molecule has 2 aliphatic rings. The molecule has 1 aliphatic carbocycles. The largest absolute Gasteiger partial charge is 0.493 e. The summed E-state index contributed by atoms with van der Waals surface area (Å²) >= 11 is 0. The number of benzene rings is 2. The maximum absolute atomic E-state index is 13.0. The van der Waals surface area contributed by atoms with Crippen LogP contribution in [-0.2, 0) is 24.1 Å². The lowest BCUT2D eigenvalue weighted by atomic mass is 9.77. The van der Waals surface area contributed by atoms with Crippen LogP contribution in [0.5, 0.6) is 23.0 Å². The predicted octanol–water partition coefficient (Wildman–Crippen LogP) is 3.73. The number of amides is 1. The first-order valence-corrected chi connectivity index (χ1v) is 11.7. The molecule has 2 aromatic carbocycles. The maximum Gasteiger partial charge on any atom is 0.227 e. The highest BCUT2D eigenvalue weighted by Gasteiger charge is 2.29. The lowest BCUT2D eigenvalue weighted by Crippen LogP contribution is -2.36. The first-order chi connectivity index (χ1) is 17.7. The van der Waals surface area contributed by atoms with Gasteiger partial charge in [0.2, 0.25) is 5.91 Å². The van der Waals surface area contributed by atoms with Crippen LogP contribution in [0.1, 0.15) is 38.7 Å². The van der Waals surface area contributed by atoms with Crippen molar-refractivity contribution in [1.82, 2.24) is 9.80 Å². The fourth-order valence-electron chi connectivity index (χ4n) is 4.96. The molecule has 0 saturated heterocycles. The highest BCUT2D eigenvalue weighted by atomic mass is 35.5. The van der Waals surface area contributed by atoms with Crippen LogP contribution in [0.25, 0.3) is 0 Å². The summed E-state index contributed by atoms with van der Waals surface area (Å²) in [5.74, 6) is 2.78. The monoisotopic (exact) mass is 507 g/mol. The zero-order chi connectivity index (χ0) is 26.7. The number of carbonyl (C=O) groups excluding carboxylic acids is 1. The van der Waals surface area contributed by atoms with Crippen molar-refractivity contribution >= 4 is 18.3 Å². The molecule has 4 rings (SSSR count). The molecule has 0 bridgehead atoms. The van der Waals surface area contributed by atoms with Gasteiger partial charge in [-0.1, -0.05) is 0 Å². The van der Waals surface area contributed by atoms with Crippen LogP contribution in [0, 0.1) is 0 Å². The molecule has 7 nitrogen and oxygen atoms in total. The van der Waals surface area contributed by atoms with Crippen molar-refractivity contribution in [3.63, 3.8) is 0 Å². The van der Waals surface area contributed by atoms with Crippen molar-refractivity contribution in [2.45, 2.75) is 31.6 Å². The average molecular weight is 508 g/mol. The number of carbonyl (C=O) groups is 1. The molecule has 2 aromatic rings. The Hall–Kier alpha value is -2.64. The fourth-order valence-corrected chi connectivity index (χ4v) is 4.96. The molecule has 0 unspecified atom stereocenters. The van der Waals surface area contributed by atoms with Crippen molar-refractivity contribution < 1.29 is 27.9 Å². The van der Waals surface area contributed by atoms with Crippen molar-refractivity contribution in [3.8, 4) is 23.0 Å². The lowest BCUT2D eigenvalue weighted by molar-refractivity contribution is -0.130. The molecule has 1 aliphatic heterocycles. The number of rotatable bonds is 10. The van der Waals surface area contributed by atoms with E-state index in [-0.39, 0.29) is 24.2 Å². The minimum atomic E-state index is -2.21. The Balaban J connectivity index is 0.00000400. The van der Waals surface area contributed by atoms with E-state index in [1.54, 1.807) is 33.3 Å². The molecule has 0 saturated carbocycles. The SMILES string of the molecule is Cl.[2H]C([2H])([2H])N(CCCN1CCc2cc(OC)c(OC)cc2CC1=O)C[C@@H]1Cc2cc(OC)c(OC)cc21. The van der Waals surface area contributed by atoms with Crippen LogP contribution in [0.2, 0.25) is 0 Å². The summed E-state index contributed by atoms with van der Waals surface area (Å²) in [6, 6.07) is 7.76. The Labute approximate surface area is 218 Å². The molecule has 1 amide bonds. The van der Waals surface area contributed by atoms with Gasteiger partial charge in [-0.2, -0.15) is 0 Å². The molecule has 0 fully saturated rings. The summed E-state index contributed by atoms with van der Waals surface area (Å²) in [4.78, 5) is 16.4. The van der Waals surface area contributed by atoms with Crippen molar-refractivity contribution in [3.05, 3.63) is 46.5 Å². The smallest absolute Gasteiger partial charge is 0.227 e. The Kier molecular flexibility index (Phi) is 7.73. The van der Waals surface area contributed by atoms with E-state index >= 15 is 0 Å². The number of hydrogen-bond donors (Lipinski definition) is 0. The van der Waals surface area contributed by atoms with Crippen LogP contribution in [0.3, 0.4) is 0 Å². The third-order valence-corrected chi connectivity index (χ3v) is 6.90. The van der Waals surface area contributed by atoms with Gasteiger partial charge in [0.05, 0.1) is 34.9 Å². The number of hydrogen-bond acceptors (Lipinski definition) is 6. The molecule has 0 N–H and O–H groups in total. The van der Waals surface area contributed by atoms with E-state index in [1.165, 1.54) is 0 Å². The van der Waals surface area contributed by atoms with Crippen LogP contribution in [0.15, 0.2) is 24.3 Å². The summed E-state index contributed by atoms with van der Waals surface area (Å²) in [5, 5.41) is 0. The first kappa shape index (κ1) is 22.8. The number of fused-ring (bicyclic) bond motifs is 2. The fraction of sp³-hybridized carbons (Fsp3) is 0.519. The predicted molar refractivity (Wildman–Crippen MR) is 139 cm³/mol. The second-order valence-electron chi connectivity index (χ2n) is 8.89. The van der Waals surface area contributed by atoms with Gasteiger partial charge in [0.25, 0.3) is 0 Å². The first-order valence-electron chi connectivity index (χ1n) is 13.2. The minimum Gasteiger partial charge on any atom is -0.493 e. The van der Waals surface area contributed by atoms with Crippen molar-refractivity contribution in [2.75, 3.05) is 61.6 Å². The van der Waals surface area contributed by atoms with Crippen LogP contribution < -0.4 is 18.9 Å². The molecular formula is C27H37ClN2O5. The van der Waals surface area contributed by atoms with Gasteiger partial charge in [0.1, 0.15) is 0 Å². The third-order valence-electron chi connectivity index (χ3n) is 6.90. The molecular weight excluding hydrogens is 468 g/mol. The summed E-state index contributed by atoms with van der Waals surface area (Å²) in [7, 11) is 6.40. The number of nitrogens with zero attached hydrogens (tertiary/aromatic N) is 2. The van der Waals surface area contributed by atoms with E-state index in [2.05, 4.69) is 0 Å². The van der Waals surface area contributed by atoms with Gasteiger partial charge in [-0.3, -0.25) is 4.79 Å². The maximum atomic E-state index is 13.0. The molecule has 1 heterocycles. The Morgan fingerprint density at radius 3 is 2.17 bits per heavy atom. The average Bonchev–Trinajstić information content (AvgIpc) is 3.01. The van der Waals surface area contributed by atoms with E-state index in [0.29, 0.717) is 68.4 Å². The molecule has 192 valence electrons. The van der Waals surface area contributed by atoms with Crippen LogP contribution >= 0.6 is 12.4 Å². The minimum absolute atomic E-state index is 0. The number of likely N-dealkylation sites (N-methyl/N-ethyl adjacent to an activating group) is 1. The van der Waals surface area contributed by atoms with E-state index in [1.807, 2.05) is 29.2 Å². The van der Waals surface area contributed by atoms with Crippen molar-refractivity contribution in [2.24, 2.45) is 0 Å².